The number of rotatable bonds is 3. The lowest BCUT2D eigenvalue weighted by Gasteiger charge is -2.03. The number of aromatic amines is 1. The van der Waals surface area contributed by atoms with E-state index in [2.05, 4.69) is 23.2 Å². The van der Waals surface area contributed by atoms with Crippen LogP contribution in [0.2, 0.25) is 0 Å². The van der Waals surface area contributed by atoms with Gasteiger partial charge in [0.1, 0.15) is 0 Å². The molecule has 58 valence electrons. The fourth-order valence-corrected chi connectivity index (χ4v) is 0.978. The van der Waals surface area contributed by atoms with E-state index in [1.165, 1.54) is 5.56 Å². The van der Waals surface area contributed by atoms with Crippen LogP contribution in [0.1, 0.15) is 31.2 Å². The molecule has 0 saturated carbocycles. The lowest BCUT2D eigenvalue weighted by atomic mass is 10.0. The van der Waals surface area contributed by atoms with Crippen LogP contribution in [0.4, 0.5) is 0 Å². The fraction of sp³-hybridized carbons (Fsp3) is 0.500. The van der Waals surface area contributed by atoms with E-state index in [-0.39, 0.29) is 0 Å². The summed E-state index contributed by atoms with van der Waals surface area (Å²) in [6, 6.07) is 2.13. The summed E-state index contributed by atoms with van der Waals surface area (Å²) in [5.41, 5.74) is 1.18. The molecular formula is C8H11N3. The second kappa shape index (κ2) is 3.77. The summed E-state index contributed by atoms with van der Waals surface area (Å²) in [4.78, 5) is 0. The maximum atomic E-state index is 8.34. The van der Waals surface area contributed by atoms with E-state index >= 15 is 0 Å². The second-order valence-electron chi connectivity index (χ2n) is 2.63. The van der Waals surface area contributed by atoms with Crippen LogP contribution in [0.15, 0.2) is 12.4 Å². The molecule has 0 radical (unpaired) electrons. The van der Waals surface area contributed by atoms with E-state index in [1.54, 1.807) is 0 Å². The molecule has 1 aromatic heterocycles. The average Bonchev–Trinajstić information content (AvgIpc) is 2.52. The molecule has 0 fully saturated rings. The van der Waals surface area contributed by atoms with Crippen molar-refractivity contribution < 1.29 is 0 Å². The van der Waals surface area contributed by atoms with Crippen LogP contribution in [0, 0.1) is 11.3 Å². The number of hydrogen-bond donors (Lipinski definition) is 1. The van der Waals surface area contributed by atoms with E-state index in [4.69, 9.17) is 5.26 Å². The average molecular weight is 149 g/mol. The van der Waals surface area contributed by atoms with Gasteiger partial charge in [0, 0.05) is 12.6 Å². The summed E-state index contributed by atoms with van der Waals surface area (Å²) in [6.45, 7) is 2.10. The number of H-pyrrole nitrogens is 1. The van der Waals surface area contributed by atoms with Crippen LogP contribution in [-0.4, -0.2) is 10.2 Å². The van der Waals surface area contributed by atoms with Crippen molar-refractivity contribution in [3.8, 4) is 6.07 Å². The van der Waals surface area contributed by atoms with Gasteiger partial charge in [0.15, 0.2) is 0 Å². The molecule has 1 aromatic rings. The van der Waals surface area contributed by atoms with Gasteiger partial charge >= 0.3 is 0 Å². The second-order valence-corrected chi connectivity index (χ2v) is 2.63. The van der Waals surface area contributed by atoms with Gasteiger partial charge in [-0.25, -0.2) is 0 Å². The van der Waals surface area contributed by atoms with Gasteiger partial charge in [0.2, 0.25) is 0 Å². The van der Waals surface area contributed by atoms with Crippen molar-refractivity contribution in [3.05, 3.63) is 18.0 Å². The summed E-state index contributed by atoms with van der Waals surface area (Å²) in [5.74, 6) is 0.438. The summed E-state index contributed by atoms with van der Waals surface area (Å²) in [6.07, 6.45) is 5.21. The highest BCUT2D eigenvalue weighted by atomic mass is 15.1. The molecule has 0 aromatic carbocycles. The van der Waals surface area contributed by atoms with Crippen molar-refractivity contribution in [3.63, 3.8) is 0 Å². The Morgan fingerprint density at radius 3 is 3.18 bits per heavy atom. The fourth-order valence-electron chi connectivity index (χ4n) is 0.978. The topological polar surface area (TPSA) is 52.5 Å². The first-order chi connectivity index (χ1) is 5.34. The maximum absolute atomic E-state index is 8.34. The highest BCUT2D eigenvalue weighted by Gasteiger charge is 2.04. The Hall–Kier alpha value is -1.30. The van der Waals surface area contributed by atoms with E-state index in [0.29, 0.717) is 12.3 Å². The Kier molecular flexibility index (Phi) is 2.67. The van der Waals surface area contributed by atoms with Gasteiger partial charge in [-0.1, -0.05) is 6.92 Å². The van der Waals surface area contributed by atoms with Crippen LogP contribution in [0.25, 0.3) is 0 Å². The van der Waals surface area contributed by atoms with Gasteiger partial charge in [0.05, 0.1) is 12.3 Å². The van der Waals surface area contributed by atoms with Gasteiger partial charge in [-0.15, -0.1) is 0 Å². The molecule has 3 nitrogen and oxygen atoms in total. The van der Waals surface area contributed by atoms with E-state index in [9.17, 15) is 0 Å². The van der Waals surface area contributed by atoms with Gasteiger partial charge in [0.25, 0.3) is 0 Å². The number of hydrogen-bond acceptors (Lipinski definition) is 2. The summed E-state index contributed by atoms with van der Waals surface area (Å²) in [5, 5.41) is 14.9. The van der Waals surface area contributed by atoms with Gasteiger partial charge in [-0.05, 0) is 17.9 Å². The molecule has 0 spiro atoms. The highest BCUT2D eigenvalue weighted by Crippen LogP contribution is 2.17. The molecule has 1 unspecified atom stereocenters. The Morgan fingerprint density at radius 2 is 2.64 bits per heavy atom. The zero-order chi connectivity index (χ0) is 8.10. The van der Waals surface area contributed by atoms with Crippen molar-refractivity contribution in [2.45, 2.75) is 25.7 Å². The largest absolute Gasteiger partial charge is 0.285 e. The first-order valence-corrected chi connectivity index (χ1v) is 3.70. The summed E-state index contributed by atoms with van der Waals surface area (Å²) < 4.78 is 0. The minimum absolute atomic E-state index is 0.438. The zero-order valence-corrected chi connectivity index (χ0v) is 6.54. The lowest BCUT2D eigenvalue weighted by Crippen LogP contribution is -1.89. The van der Waals surface area contributed by atoms with Crippen molar-refractivity contribution in [2.75, 3.05) is 0 Å². The highest BCUT2D eigenvalue weighted by molar-refractivity contribution is 5.08. The van der Waals surface area contributed by atoms with Crippen LogP contribution < -0.4 is 0 Å². The van der Waals surface area contributed by atoms with Gasteiger partial charge in [-0.2, -0.15) is 10.4 Å². The molecule has 0 aliphatic rings. The van der Waals surface area contributed by atoms with Crippen LogP contribution in [0.5, 0.6) is 0 Å². The smallest absolute Gasteiger partial charge is 0.0621 e. The monoisotopic (exact) mass is 149 g/mol. The maximum Gasteiger partial charge on any atom is 0.0621 e. The van der Waals surface area contributed by atoms with Crippen molar-refractivity contribution in [1.82, 2.24) is 10.2 Å². The van der Waals surface area contributed by atoms with Gasteiger partial charge < -0.3 is 0 Å². The van der Waals surface area contributed by atoms with Gasteiger partial charge in [-0.3, -0.25) is 5.10 Å². The molecule has 1 N–H and O–H groups in total. The van der Waals surface area contributed by atoms with E-state index in [0.717, 1.165) is 6.42 Å². The molecule has 0 saturated heterocycles. The molecule has 3 heteroatoms. The normalized spacial score (nSPS) is 12.4. The molecule has 11 heavy (non-hydrogen) atoms. The lowest BCUT2D eigenvalue weighted by molar-refractivity contribution is 0.696. The predicted octanol–water partition coefficient (Wildman–Crippen LogP) is 1.82. The first kappa shape index (κ1) is 7.80. The molecule has 0 amide bonds. The predicted molar refractivity (Wildman–Crippen MR) is 41.8 cm³/mol. The van der Waals surface area contributed by atoms with Crippen LogP contribution in [0.3, 0.4) is 0 Å². The van der Waals surface area contributed by atoms with Crippen molar-refractivity contribution in [2.24, 2.45) is 0 Å². The molecule has 1 rings (SSSR count). The number of nitrogens with one attached hydrogen (secondary N) is 1. The van der Waals surface area contributed by atoms with E-state index < -0.39 is 0 Å². The third-order valence-corrected chi connectivity index (χ3v) is 1.78. The number of nitrogens with zero attached hydrogens (tertiary/aromatic N) is 2. The summed E-state index contributed by atoms with van der Waals surface area (Å²) >= 11 is 0. The molecule has 1 heterocycles. The van der Waals surface area contributed by atoms with Crippen molar-refractivity contribution >= 4 is 0 Å². The SMILES string of the molecule is CC(CCC#N)c1cn[nH]c1. The summed E-state index contributed by atoms with van der Waals surface area (Å²) in [7, 11) is 0. The third kappa shape index (κ3) is 2.08. The number of aromatic nitrogens is 2. The molecule has 0 aliphatic carbocycles. The number of nitriles is 1. The first-order valence-electron chi connectivity index (χ1n) is 3.70. The molecular weight excluding hydrogens is 138 g/mol. The zero-order valence-electron chi connectivity index (χ0n) is 6.54. The third-order valence-electron chi connectivity index (χ3n) is 1.78. The molecule has 0 aliphatic heterocycles. The standard InChI is InChI=1S/C8H11N3/c1-7(3-2-4-9)8-5-10-11-6-8/h5-7H,2-3H2,1H3,(H,10,11). The van der Waals surface area contributed by atoms with Crippen LogP contribution in [-0.2, 0) is 0 Å². The Bertz CT molecular complexity index is 232. The quantitative estimate of drug-likeness (QED) is 0.712. The Balaban J connectivity index is 2.44. The Morgan fingerprint density at radius 1 is 1.82 bits per heavy atom. The molecule has 1 atom stereocenters. The van der Waals surface area contributed by atoms with Crippen LogP contribution >= 0.6 is 0 Å². The van der Waals surface area contributed by atoms with E-state index in [1.807, 2.05) is 12.4 Å². The minimum Gasteiger partial charge on any atom is -0.285 e. The minimum atomic E-state index is 0.438. The Labute approximate surface area is 66.0 Å². The molecule has 0 bridgehead atoms. The van der Waals surface area contributed by atoms with Crippen molar-refractivity contribution in [1.29, 1.82) is 5.26 Å².